The molecular weight excluding hydrogens is 294 g/mol. The van der Waals surface area contributed by atoms with E-state index in [9.17, 15) is 14.7 Å². The van der Waals surface area contributed by atoms with Crippen molar-refractivity contribution < 1.29 is 9.90 Å². The summed E-state index contributed by atoms with van der Waals surface area (Å²) < 4.78 is 0. The van der Waals surface area contributed by atoms with Crippen molar-refractivity contribution in [2.45, 2.75) is 45.6 Å². The number of nitrogens with one attached hydrogen (secondary N) is 3. The van der Waals surface area contributed by atoms with Gasteiger partial charge >= 0.3 is 5.69 Å². The van der Waals surface area contributed by atoms with Crippen LogP contribution in [0.5, 0.6) is 0 Å². The predicted octanol–water partition coefficient (Wildman–Crippen LogP) is 1.70. The Balaban J connectivity index is 1.71. The highest BCUT2D eigenvalue weighted by Crippen LogP contribution is 2.12. The molecule has 0 saturated heterocycles. The fraction of sp³-hybridized carbons (Fsp3) is 0.529. The van der Waals surface area contributed by atoms with Crippen molar-refractivity contribution in [3.05, 3.63) is 34.2 Å². The molecule has 4 N–H and O–H groups in total. The fourth-order valence-corrected chi connectivity index (χ4v) is 2.47. The largest absolute Gasteiger partial charge is 0.393 e. The number of aromatic nitrogens is 2. The number of carbonyl (C=O) groups is 1. The molecule has 1 atom stereocenters. The Kier molecular flexibility index (Phi) is 5.98. The molecule has 6 nitrogen and oxygen atoms in total. The van der Waals surface area contributed by atoms with Gasteiger partial charge in [0.2, 0.25) is 5.91 Å². The zero-order valence-corrected chi connectivity index (χ0v) is 13.7. The van der Waals surface area contributed by atoms with Crippen LogP contribution in [-0.2, 0) is 11.2 Å². The lowest BCUT2D eigenvalue weighted by atomic mass is 10.0. The van der Waals surface area contributed by atoms with Gasteiger partial charge in [-0.15, -0.1) is 0 Å². The Morgan fingerprint density at radius 3 is 2.74 bits per heavy atom. The number of aliphatic hydroxyl groups is 1. The maximum atomic E-state index is 11.8. The van der Waals surface area contributed by atoms with Gasteiger partial charge in [0.1, 0.15) is 0 Å². The summed E-state index contributed by atoms with van der Waals surface area (Å²) in [6.07, 6.45) is 2.20. The van der Waals surface area contributed by atoms with E-state index in [1.54, 1.807) is 0 Å². The van der Waals surface area contributed by atoms with Crippen LogP contribution in [0.2, 0.25) is 0 Å². The van der Waals surface area contributed by atoms with Gasteiger partial charge < -0.3 is 20.4 Å². The number of aromatic amines is 2. The van der Waals surface area contributed by atoms with E-state index in [-0.39, 0.29) is 23.6 Å². The van der Waals surface area contributed by atoms with Crippen molar-refractivity contribution in [2.24, 2.45) is 5.92 Å². The molecule has 1 unspecified atom stereocenters. The molecule has 0 aliphatic rings. The number of carbonyl (C=O) groups excluding carboxylic acids is 1. The number of hydrogen-bond acceptors (Lipinski definition) is 3. The zero-order chi connectivity index (χ0) is 16.8. The summed E-state index contributed by atoms with van der Waals surface area (Å²) >= 11 is 0. The van der Waals surface area contributed by atoms with Crippen LogP contribution in [0.1, 0.15) is 38.7 Å². The molecule has 0 aliphatic carbocycles. The number of H-pyrrole nitrogens is 2. The first kappa shape index (κ1) is 17.3. The molecule has 1 heterocycles. The Morgan fingerprint density at radius 2 is 2.00 bits per heavy atom. The minimum Gasteiger partial charge on any atom is -0.393 e. The molecular formula is C17H25N3O3. The quantitative estimate of drug-likeness (QED) is 0.596. The maximum Gasteiger partial charge on any atom is 0.323 e. The molecule has 2 aromatic rings. The minimum atomic E-state index is -0.370. The number of rotatable bonds is 8. The molecule has 0 bridgehead atoms. The van der Waals surface area contributed by atoms with Crippen LogP contribution in [-0.4, -0.2) is 33.6 Å². The molecule has 6 heteroatoms. The number of aryl methyl sites for hydroxylation is 1. The summed E-state index contributed by atoms with van der Waals surface area (Å²) in [5.74, 6) is 0.221. The second kappa shape index (κ2) is 7.97. The van der Waals surface area contributed by atoms with E-state index in [0.717, 1.165) is 29.4 Å². The number of imidazole rings is 1. The molecule has 0 spiro atoms. The van der Waals surface area contributed by atoms with Crippen LogP contribution in [0.3, 0.4) is 0 Å². The molecule has 23 heavy (non-hydrogen) atoms. The van der Waals surface area contributed by atoms with E-state index in [0.29, 0.717) is 19.4 Å². The van der Waals surface area contributed by atoms with Gasteiger partial charge in [-0.2, -0.15) is 0 Å². The molecule has 0 fully saturated rings. The third kappa shape index (κ3) is 5.25. The maximum absolute atomic E-state index is 11.8. The Hall–Kier alpha value is -2.08. The summed E-state index contributed by atoms with van der Waals surface area (Å²) in [5.41, 5.74) is 2.47. The van der Waals surface area contributed by atoms with Gasteiger partial charge in [-0.1, -0.05) is 19.9 Å². The zero-order valence-electron chi connectivity index (χ0n) is 13.7. The van der Waals surface area contributed by atoms with Gasteiger partial charge in [0.15, 0.2) is 0 Å². The van der Waals surface area contributed by atoms with Crippen LogP contribution in [0.4, 0.5) is 0 Å². The average Bonchev–Trinajstić information content (AvgIpc) is 2.86. The van der Waals surface area contributed by atoms with Crippen LogP contribution in [0, 0.1) is 5.92 Å². The van der Waals surface area contributed by atoms with Crippen molar-refractivity contribution in [1.29, 1.82) is 0 Å². The van der Waals surface area contributed by atoms with Gasteiger partial charge in [-0.25, -0.2) is 4.79 Å². The van der Waals surface area contributed by atoms with Crippen LogP contribution < -0.4 is 11.0 Å². The lowest BCUT2D eigenvalue weighted by molar-refractivity contribution is -0.121. The van der Waals surface area contributed by atoms with Gasteiger partial charge in [0, 0.05) is 13.0 Å². The smallest absolute Gasteiger partial charge is 0.323 e. The van der Waals surface area contributed by atoms with E-state index in [2.05, 4.69) is 15.3 Å². The van der Waals surface area contributed by atoms with Gasteiger partial charge in [-0.05, 0) is 42.9 Å². The third-order valence-electron chi connectivity index (χ3n) is 3.98. The molecule has 0 radical (unpaired) electrons. The highest BCUT2D eigenvalue weighted by molar-refractivity contribution is 5.76. The molecule has 1 aromatic carbocycles. The van der Waals surface area contributed by atoms with E-state index >= 15 is 0 Å². The number of aliphatic hydroxyl groups excluding tert-OH is 1. The second-order valence-corrected chi connectivity index (χ2v) is 6.26. The summed E-state index contributed by atoms with van der Waals surface area (Å²) in [4.78, 5) is 28.4. The first-order chi connectivity index (χ1) is 11.0. The Morgan fingerprint density at radius 1 is 1.26 bits per heavy atom. The normalized spacial score (nSPS) is 12.7. The SMILES string of the molecule is CC(C)C(O)CCNC(=O)CCCc1ccc2[nH]c(=O)[nH]c2c1. The van der Waals surface area contributed by atoms with E-state index in [4.69, 9.17) is 0 Å². The van der Waals surface area contributed by atoms with Crippen molar-refractivity contribution in [1.82, 2.24) is 15.3 Å². The van der Waals surface area contributed by atoms with Crippen molar-refractivity contribution >= 4 is 16.9 Å². The summed E-state index contributed by atoms with van der Waals surface area (Å²) in [5, 5.41) is 12.5. The molecule has 1 aromatic heterocycles. The standard InChI is InChI=1S/C17H25N3O3/c1-11(2)15(21)8-9-18-16(22)5-3-4-12-6-7-13-14(10-12)20-17(23)19-13/h6-7,10-11,15,21H,3-5,8-9H2,1-2H3,(H,18,22)(H2,19,20,23). The molecule has 0 aliphatic heterocycles. The van der Waals surface area contributed by atoms with Crippen LogP contribution in [0.15, 0.2) is 23.0 Å². The van der Waals surface area contributed by atoms with E-state index in [1.165, 1.54) is 0 Å². The number of benzene rings is 1. The van der Waals surface area contributed by atoms with Crippen molar-refractivity contribution in [3.8, 4) is 0 Å². The molecule has 0 saturated carbocycles. The second-order valence-electron chi connectivity index (χ2n) is 6.26. The predicted molar refractivity (Wildman–Crippen MR) is 90.3 cm³/mol. The Labute approximate surface area is 135 Å². The topological polar surface area (TPSA) is 98.0 Å². The first-order valence-electron chi connectivity index (χ1n) is 8.11. The average molecular weight is 319 g/mol. The number of amides is 1. The van der Waals surface area contributed by atoms with Crippen LogP contribution >= 0.6 is 0 Å². The number of hydrogen-bond donors (Lipinski definition) is 4. The summed E-state index contributed by atoms with van der Waals surface area (Å²) in [6.45, 7) is 4.43. The Bertz CT molecular complexity index is 702. The minimum absolute atomic E-state index is 0.0112. The molecule has 1 amide bonds. The van der Waals surface area contributed by atoms with Crippen molar-refractivity contribution in [2.75, 3.05) is 6.54 Å². The molecule has 2 rings (SSSR count). The fourth-order valence-electron chi connectivity index (χ4n) is 2.47. The van der Waals surface area contributed by atoms with Crippen molar-refractivity contribution in [3.63, 3.8) is 0 Å². The number of fused-ring (bicyclic) bond motifs is 1. The van der Waals surface area contributed by atoms with Gasteiger partial charge in [0.05, 0.1) is 17.1 Å². The van der Waals surface area contributed by atoms with E-state index in [1.807, 2.05) is 32.0 Å². The highest BCUT2D eigenvalue weighted by atomic mass is 16.3. The lowest BCUT2D eigenvalue weighted by Crippen LogP contribution is -2.28. The summed E-state index contributed by atoms with van der Waals surface area (Å²) in [6, 6.07) is 5.77. The van der Waals surface area contributed by atoms with E-state index < -0.39 is 0 Å². The van der Waals surface area contributed by atoms with Crippen LogP contribution in [0.25, 0.3) is 11.0 Å². The van der Waals surface area contributed by atoms with Gasteiger partial charge in [-0.3, -0.25) is 4.79 Å². The lowest BCUT2D eigenvalue weighted by Gasteiger charge is -2.14. The highest BCUT2D eigenvalue weighted by Gasteiger charge is 2.09. The monoisotopic (exact) mass is 319 g/mol. The van der Waals surface area contributed by atoms with Gasteiger partial charge in [0.25, 0.3) is 0 Å². The first-order valence-corrected chi connectivity index (χ1v) is 8.11. The third-order valence-corrected chi connectivity index (χ3v) is 3.98. The summed E-state index contributed by atoms with van der Waals surface area (Å²) in [7, 11) is 0. The molecule has 126 valence electrons.